The zero-order chi connectivity index (χ0) is 15.8. The molecular weight excluding hydrogens is 278 g/mol. The summed E-state index contributed by atoms with van der Waals surface area (Å²) in [6, 6.07) is 7.67. The predicted molar refractivity (Wildman–Crippen MR) is 85.0 cm³/mol. The van der Waals surface area contributed by atoms with E-state index in [1.807, 2.05) is 47.3 Å². The van der Waals surface area contributed by atoms with Gasteiger partial charge in [-0.15, -0.1) is 0 Å². The summed E-state index contributed by atoms with van der Waals surface area (Å²) >= 11 is 0. The first-order chi connectivity index (χ1) is 10.7. The number of carbonyl (C=O) groups excluding carboxylic acids is 1. The molecule has 5 nitrogen and oxygen atoms in total. The number of furan rings is 1. The molecule has 0 saturated carbocycles. The van der Waals surface area contributed by atoms with E-state index < -0.39 is 0 Å². The summed E-state index contributed by atoms with van der Waals surface area (Å²) < 4.78 is 5.35. The lowest BCUT2D eigenvalue weighted by Gasteiger charge is -2.24. The average Bonchev–Trinajstić information content (AvgIpc) is 3.00. The normalized spacial score (nSPS) is 10.9. The van der Waals surface area contributed by atoms with E-state index in [9.17, 15) is 4.79 Å². The molecule has 0 radical (unpaired) electrons. The van der Waals surface area contributed by atoms with Crippen molar-refractivity contribution in [1.29, 1.82) is 0 Å². The van der Waals surface area contributed by atoms with Crippen LogP contribution in [0, 0.1) is 0 Å². The van der Waals surface area contributed by atoms with E-state index in [4.69, 9.17) is 4.42 Å². The minimum absolute atomic E-state index is 0.115. The van der Waals surface area contributed by atoms with Gasteiger partial charge < -0.3 is 9.32 Å². The van der Waals surface area contributed by atoms with E-state index in [1.165, 1.54) is 0 Å². The van der Waals surface area contributed by atoms with E-state index in [-0.39, 0.29) is 5.91 Å². The first kappa shape index (κ1) is 16.2. The predicted octanol–water partition coefficient (Wildman–Crippen LogP) is 2.55. The van der Waals surface area contributed by atoms with Crippen molar-refractivity contribution in [2.24, 2.45) is 0 Å². The molecule has 0 bridgehead atoms. The number of hydrogen-bond acceptors (Lipinski definition) is 4. The quantitative estimate of drug-likeness (QED) is 0.752. The van der Waals surface area contributed by atoms with E-state index in [0.29, 0.717) is 19.6 Å². The number of hydrogen-bond donors (Lipinski definition) is 0. The highest BCUT2D eigenvalue weighted by atomic mass is 16.3. The van der Waals surface area contributed by atoms with Crippen LogP contribution in [0.1, 0.15) is 24.7 Å². The topological polar surface area (TPSA) is 49.6 Å². The van der Waals surface area contributed by atoms with Crippen LogP contribution >= 0.6 is 0 Å². The summed E-state index contributed by atoms with van der Waals surface area (Å²) in [5.74, 6) is 0.932. The van der Waals surface area contributed by atoms with Gasteiger partial charge in [0, 0.05) is 25.5 Å². The van der Waals surface area contributed by atoms with Gasteiger partial charge in [0.1, 0.15) is 5.76 Å². The monoisotopic (exact) mass is 301 g/mol. The Morgan fingerprint density at radius 2 is 2.14 bits per heavy atom. The number of rotatable bonds is 8. The maximum absolute atomic E-state index is 12.5. The van der Waals surface area contributed by atoms with Crippen LogP contribution in [0.15, 0.2) is 47.3 Å². The Hall–Kier alpha value is -2.14. The molecule has 0 aliphatic heterocycles. The van der Waals surface area contributed by atoms with Crippen LogP contribution in [0.25, 0.3) is 0 Å². The van der Waals surface area contributed by atoms with Crippen molar-refractivity contribution < 1.29 is 9.21 Å². The van der Waals surface area contributed by atoms with Gasteiger partial charge in [-0.3, -0.25) is 14.7 Å². The Labute approximate surface area is 131 Å². The second-order valence-corrected chi connectivity index (χ2v) is 5.43. The molecule has 2 rings (SSSR count). The number of amides is 1. The van der Waals surface area contributed by atoms with Crippen molar-refractivity contribution in [2.45, 2.75) is 26.4 Å². The van der Waals surface area contributed by atoms with Crippen LogP contribution < -0.4 is 0 Å². The molecule has 2 heterocycles. The largest absolute Gasteiger partial charge is 0.467 e. The Morgan fingerprint density at radius 3 is 2.77 bits per heavy atom. The van der Waals surface area contributed by atoms with Crippen molar-refractivity contribution >= 4 is 5.91 Å². The van der Waals surface area contributed by atoms with Crippen LogP contribution in [-0.2, 0) is 17.9 Å². The molecule has 22 heavy (non-hydrogen) atoms. The number of carbonyl (C=O) groups is 1. The molecule has 0 fully saturated rings. The molecule has 2 aromatic heterocycles. The minimum atomic E-state index is 0.115. The van der Waals surface area contributed by atoms with E-state index in [2.05, 4.69) is 11.9 Å². The molecular formula is C17H23N3O2. The first-order valence-corrected chi connectivity index (χ1v) is 7.56. The molecule has 1 amide bonds. The average molecular weight is 301 g/mol. The van der Waals surface area contributed by atoms with Crippen LogP contribution in [0.4, 0.5) is 0 Å². The molecule has 0 saturated heterocycles. The number of aromatic nitrogens is 1. The fraction of sp³-hybridized carbons (Fsp3) is 0.412. The Bertz CT molecular complexity index is 555. The van der Waals surface area contributed by atoms with Crippen LogP contribution in [0.3, 0.4) is 0 Å². The number of nitrogens with zero attached hydrogens (tertiary/aromatic N) is 3. The Morgan fingerprint density at radius 1 is 1.27 bits per heavy atom. The van der Waals surface area contributed by atoms with Crippen molar-refractivity contribution in [3.05, 3.63) is 54.2 Å². The molecule has 0 aromatic carbocycles. The van der Waals surface area contributed by atoms with Gasteiger partial charge in [0.25, 0.3) is 0 Å². The lowest BCUT2D eigenvalue weighted by Crippen LogP contribution is -2.38. The highest BCUT2D eigenvalue weighted by Gasteiger charge is 2.16. The molecule has 0 atom stereocenters. The zero-order valence-electron chi connectivity index (χ0n) is 13.2. The number of pyridine rings is 1. The molecule has 2 aromatic rings. The summed E-state index contributed by atoms with van der Waals surface area (Å²) in [7, 11) is 1.95. The summed E-state index contributed by atoms with van der Waals surface area (Å²) in [4.78, 5) is 20.4. The highest BCUT2D eigenvalue weighted by molar-refractivity contribution is 5.78. The van der Waals surface area contributed by atoms with E-state index in [1.54, 1.807) is 12.5 Å². The van der Waals surface area contributed by atoms with E-state index >= 15 is 0 Å². The van der Waals surface area contributed by atoms with Gasteiger partial charge in [-0.25, -0.2) is 0 Å². The molecule has 0 N–H and O–H groups in total. The molecule has 0 aliphatic rings. The van der Waals surface area contributed by atoms with E-state index in [0.717, 1.165) is 24.3 Å². The van der Waals surface area contributed by atoms with Gasteiger partial charge in [-0.05, 0) is 37.2 Å². The minimum Gasteiger partial charge on any atom is -0.467 e. The van der Waals surface area contributed by atoms with Crippen LogP contribution in [-0.4, -0.2) is 40.8 Å². The summed E-state index contributed by atoms with van der Waals surface area (Å²) in [5, 5.41) is 0. The Kier molecular flexibility index (Phi) is 6.15. The summed E-state index contributed by atoms with van der Waals surface area (Å²) in [6.45, 7) is 4.43. The van der Waals surface area contributed by atoms with Gasteiger partial charge in [-0.2, -0.15) is 0 Å². The number of likely N-dealkylation sites (N-methyl/N-ethyl adjacent to an activating group) is 1. The molecule has 0 aliphatic carbocycles. The maximum atomic E-state index is 12.5. The van der Waals surface area contributed by atoms with Gasteiger partial charge >= 0.3 is 0 Å². The first-order valence-electron chi connectivity index (χ1n) is 7.56. The zero-order valence-corrected chi connectivity index (χ0v) is 13.2. The van der Waals surface area contributed by atoms with Crippen molar-refractivity contribution in [2.75, 3.05) is 20.1 Å². The molecule has 0 spiro atoms. The van der Waals surface area contributed by atoms with Crippen molar-refractivity contribution in [3.8, 4) is 0 Å². The maximum Gasteiger partial charge on any atom is 0.237 e. The van der Waals surface area contributed by atoms with Gasteiger partial charge in [-0.1, -0.05) is 13.0 Å². The van der Waals surface area contributed by atoms with Gasteiger partial charge in [0.05, 0.1) is 19.4 Å². The Balaban J connectivity index is 1.89. The molecule has 0 unspecified atom stereocenters. The van der Waals surface area contributed by atoms with Crippen LogP contribution in [0.5, 0.6) is 0 Å². The standard InChI is InChI=1S/C17H23N3O2/c1-3-9-20(13-16-7-5-10-22-16)17(21)14-19(2)12-15-6-4-8-18-11-15/h4-8,10-11H,3,9,12-14H2,1-2H3. The lowest BCUT2D eigenvalue weighted by atomic mass is 10.2. The lowest BCUT2D eigenvalue weighted by molar-refractivity contribution is -0.133. The summed E-state index contributed by atoms with van der Waals surface area (Å²) in [6.07, 6.45) is 6.14. The van der Waals surface area contributed by atoms with Gasteiger partial charge in [0.2, 0.25) is 5.91 Å². The summed E-state index contributed by atoms with van der Waals surface area (Å²) in [5.41, 5.74) is 1.10. The highest BCUT2D eigenvalue weighted by Crippen LogP contribution is 2.08. The second-order valence-electron chi connectivity index (χ2n) is 5.43. The smallest absolute Gasteiger partial charge is 0.237 e. The van der Waals surface area contributed by atoms with Crippen molar-refractivity contribution in [1.82, 2.24) is 14.8 Å². The third kappa shape index (κ3) is 5.00. The fourth-order valence-corrected chi connectivity index (χ4v) is 2.34. The molecule has 5 heteroatoms. The van der Waals surface area contributed by atoms with Crippen molar-refractivity contribution in [3.63, 3.8) is 0 Å². The van der Waals surface area contributed by atoms with Gasteiger partial charge in [0.15, 0.2) is 0 Å². The third-order valence-electron chi connectivity index (χ3n) is 3.35. The SMILES string of the molecule is CCCN(Cc1ccco1)C(=O)CN(C)Cc1cccnc1. The second kappa shape index (κ2) is 8.34. The third-order valence-corrected chi connectivity index (χ3v) is 3.35. The molecule has 118 valence electrons. The van der Waals surface area contributed by atoms with Crippen LogP contribution in [0.2, 0.25) is 0 Å². The fourth-order valence-electron chi connectivity index (χ4n) is 2.34.